The molecule has 1 aliphatic heterocycles. The van der Waals surface area contributed by atoms with Gasteiger partial charge in [0.1, 0.15) is 11.9 Å². The summed E-state index contributed by atoms with van der Waals surface area (Å²) in [6, 6.07) is 14.1. The maximum atomic E-state index is 11.5. The summed E-state index contributed by atoms with van der Waals surface area (Å²) in [7, 11) is 0. The van der Waals surface area contributed by atoms with Gasteiger partial charge in [-0.25, -0.2) is 9.78 Å². The van der Waals surface area contributed by atoms with Gasteiger partial charge in [-0.15, -0.1) is 0 Å². The predicted octanol–water partition coefficient (Wildman–Crippen LogP) is 5.71. The third kappa shape index (κ3) is 4.56. The lowest BCUT2D eigenvalue weighted by Gasteiger charge is -2.31. The number of piperidine rings is 1. The van der Waals surface area contributed by atoms with E-state index in [4.69, 9.17) is 14.2 Å². The molecular weight excluding hydrogens is 426 g/mol. The number of nitrogens with one attached hydrogen (secondary N) is 1. The van der Waals surface area contributed by atoms with Crippen LogP contribution in [0.25, 0.3) is 21.1 Å². The molecule has 0 amide bonds. The molecule has 1 fully saturated rings. The highest BCUT2D eigenvalue weighted by atomic mass is 32.1. The van der Waals surface area contributed by atoms with Crippen LogP contribution in [0.15, 0.2) is 48.7 Å². The predicted molar refractivity (Wildman–Crippen MR) is 124 cm³/mol. The van der Waals surface area contributed by atoms with Crippen molar-refractivity contribution < 1.29 is 19.0 Å². The van der Waals surface area contributed by atoms with E-state index in [0.717, 1.165) is 54.0 Å². The molecule has 8 heteroatoms. The van der Waals surface area contributed by atoms with Gasteiger partial charge in [-0.3, -0.25) is 4.90 Å². The summed E-state index contributed by atoms with van der Waals surface area (Å²) in [5.41, 5.74) is 3.24. The number of carbonyl (C=O) groups excluding carboxylic acids is 1. The Bertz CT molecular complexity index is 1190. The molecule has 0 saturated carbocycles. The van der Waals surface area contributed by atoms with Gasteiger partial charge in [0.25, 0.3) is 5.19 Å². The molecule has 2 aromatic heterocycles. The fourth-order valence-corrected chi connectivity index (χ4v) is 4.90. The number of ether oxygens (including phenoxy) is 3. The van der Waals surface area contributed by atoms with E-state index < -0.39 is 6.16 Å². The molecule has 1 N–H and O–H groups in total. The molecule has 4 aromatic rings. The van der Waals surface area contributed by atoms with Crippen LogP contribution < -0.4 is 4.74 Å². The van der Waals surface area contributed by atoms with E-state index in [1.165, 1.54) is 10.9 Å². The van der Waals surface area contributed by atoms with Crippen LogP contribution in [0.4, 0.5) is 4.79 Å². The number of aromatic amines is 1. The van der Waals surface area contributed by atoms with Gasteiger partial charge in [-0.1, -0.05) is 23.5 Å². The van der Waals surface area contributed by atoms with Gasteiger partial charge in [0.2, 0.25) is 0 Å². The summed E-state index contributed by atoms with van der Waals surface area (Å²) in [6.07, 6.45) is 3.08. The first kappa shape index (κ1) is 20.8. The average Bonchev–Trinajstić information content (AvgIpc) is 3.38. The Morgan fingerprint density at radius 1 is 1.22 bits per heavy atom. The highest BCUT2D eigenvalue weighted by molar-refractivity contribution is 7.20. The maximum Gasteiger partial charge on any atom is 0.508 e. The van der Waals surface area contributed by atoms with E-state index >= 15 is 0 Å². The highest BCUT2D eigenvalue weighted by Crippen LogP contribution is 2.33. The Balaban J connectivity index is 1.21. The molecule has 0 spiro atoms. The molecule has 0 aliphatic carbocycles. The van der Waals surface area contributed by atoms with Gasteiger partial charge in [-0.05, 0) is 49.6 Å². The Morgan fingerprint density at radius 2 is 2.06 bits per heavy atom. The Morgan fingerprint density at radius 3 is 2.88 bits per heavy atom. The minimum absolute atomic E-state index is 0.0597. The number of hydrogen-bond donors (Lipinski definition) is 1. The Kier molecular flexibility index (Phi) is 5.96. The topological polar surface area (TPSA) is 76.7 Å². The van der Waals surface area contributed by atoms with Crippen molar-refractivity contribution in [2.24, 2.45) is 0 Å². The van der Waals surface area contributed by atoms with Crippen LogP contribution in [0.2, 0.25) is 0 Å². The smallest absolute Gasteiger partial charge is 0.435 e. The quantitative estimate of drug-likeness (QED) is 0.379. The van der Waals surface area contributed by atoms with Crippen molar-refractivity contribution in [3.8, 4) is 10.9 Å². The van der Waals surface area contributed by atoms with Crippen LogP contribution >= 0.6 is 11.3 Å². The molecule has 3 heterocycles. The van der Waals surface area contributed by atoms with E-state index in [1.807, 2.05) is 36.4 Å². The lowest BCUT2D eigenvalue weighted by Crippen LogP contribution is -2.37. The second kappa shape index (κ2) is 9.18. The number of carbonyl (C=O) groups is 1. The van der Waals surface area contributed by atoms with Crippen LogP contribution in [0.5, 0.6) is 10.9 Å². The molecule has 2 aromatic carbocycles. The summed E-state index contributed by atoms with van der Waals surface area (Å²) >= 11 is 1.54. The molecule has 1 saturated heterocycles. The van der Waals surface area contributed by atoms with Crippen molar-refractivity contribution in [2.45, 2.75) is 32.4 Å². The zero-order valence-electron chi connectivity index (χ0n) is 17.9. The molecule has 32 heavy (non-hydrogen) atoms. The third-order valence-electron chi connectivity index (χ3n) is 5.67. The molecule has 1 aliphatic rings. The van der Waals surface area contributed by atoms with Crippen molar-refractivity contribution in [3.05, 3.63) is 54.2 Å². The van der Waals surface area contributed by atoms with Crippen molar-refractivity contribution in [3.63, 3.8) is 0 Å². The van der Waals surface area contributed by atoms with Crippen LogP contribution in [-0.2, 0) is 16.0 Å². The van der Waals surface area contributed by atoms with Gasteiger partial charge < -0.3 is 19.2 Å². The summed E-state index contributed by atoms with van der Waals surface area (Å²) < 4.78 is 17.4. The number of benzene rings is 2. The van der Waals surface area contributed by atoms with Crippen molar-refractivity contribution in [2.75, 3.05) is 19.7 Å². The molecule has 7 nitrogen and oxygen atoms in total. The first-order valence-electron chi connectivity index (χ1n) is 10.9. The minimum Gasteiger partial charge on any atom is -0.435 e. The highest BCUT2D eigenvalue weighted by Gasteiger charge is 2.23. The number of nitrogens with zero attached hydrogens (tertiary/aromatic N) is 2. The number of H-pyrrole nitrogens is 1. The summed E-state index contributed by atoms with van der Waals surface area (Å²) in [5, 5.41) is 1.83. The van der Waals surface area contributed by atoms with Crippen molar-refractivity contribution in [1.29, 1.82) is 0 Å². The van der Waals surface area contributed by atoms with E-state index in [-0.39, 0.29) is 6.10 Å². The standard InChI is InChI=1S/C24H25N3O4S/c1-2-29-24(28)31-17-9-11-27(12-10-17)15-16-14-25-21-13-18(7-8-19(16)21)30-23-26-20-5-3-4-6-22(20)32-23/h3-8,13-14,17,25H,2,9-12,15H2,1H3. The molecule has 166 valence electrons. The van der Waals surface area contributed by atoms with Gasteiger partial charge in [0, 0.05) is 42.8 Å². The summed E-state index contributed by atoms with van der Waals surface area (Å²) in [5.74, 6) is 0.766. The minimum atomic E-state index is -0.563. The van der Waals surface area contributed by atoms with E-state index in [9.17, 15) is 4.79 Å². The monoisotopic (exact) mass is 451 g/mol. The SMILES string of the molecule is CCOC(=O)OC1CCN(Cc2c[nH]c3cc(Oc4nc5ccccc5s4)ccc23)CC1. The number of hydrogen-bond acceptors (Lipinski definition) is 7. The summed E-state index contributed by atoms with van der Waals surface area (Å²) in [6.45, 7) is 4.74. The molecular formula is C24H25N3O4S. The molecule has 0 bridgehead atoms. The van der Waals surface area contributed by atoms with Crippen LogP contribution in [0.1, 0.15) is 25.3 Å². The number of fused-ring (bicyclic) bond motifs is 2. The molecule has 5 rings (SSSR count). The van der Waals surface area contributed by atoms with Gasteiger partial charge >= 0.3 is 6.16 Å². The Labute approximate surface area is 189 Å². The molecule has 0 radical (unpaired) electrons. The van der Waals surface area contributed by atoms with Gasteiger partial charge in [-0.2, -0.15) is 0 Å². The first-order valence-corrected chi connectivity index (χ1v) is 11.7. The van der Waals surface area contributed by atoms with Crippen molar-refractivity contribution >= 4 is 38.6 Å². The van der Waals surface area contributed by atoms with Crippen LogP contribution in [0, 0.1) is 0 Å². The molecule has 0 unspecified atom stereocenters. The third-order valence-corrected chi connectivity index (χ3v) is 6.59. The zero-order valence-corrected chi connectivity index (χ0v) is 18.7. The normalized spacial score (nSPS) is 15.3. The Hall–Kier alpha value is -3.10. The summed E-state index contributed by atoms with van der Waals surface area (Å²) in [4.78, 5) is 21.8. The van der Waals surface area contributed by atoms with Crippen LogP contribution in [-0.4, -0.2) is 46.8 Å². The maximum absolute atomic E-state index is 11.5. The fourth-order valence-electron chi connectivity index (χ4n) is 4.07. The van der Waals surface area contributed by atoms with E-state index in [2.05, 4.69) is 27.1 Å². The lowest BCUT2D eigenvalue weighted by molar-refractivity contribution is 0.000980. The lowest BCUT2D eigenvalue weighted by atomic mass is 10.1. The second-order valence-corrected chi connectivity index (χ2v) is 8.84. The number of thiazole rings is 1. The largest absolute Gasteiger partial charge is 0.508 e. The van der Waals surface area contributed by atoms with Gasteiger partial charge in [0.15, 0.2) is 0 Å². The zero-order chi connectivity index (χ0) is 21.9. The average molecular weight is 452 g/mol. The van der Waals surface area contributed by atoms with Gasteiger partial charge in [0.05, 0.1) is 16.8 Å². The fraction of sp³-hybridized carbons (Fsp3) is 0.333. The first-order chi connectivity index (χ1) is 15.7. The number of aromatic nitrogens is 2. The van der Waals surface area contributed by atoms with Crippen molar-refractivity contribution in [1.82, 2.24) is 14.9 Å². The second-order valence-electron chi connectivity index (χ2n) is 7.85. The number of rotatable bonds is 6. The van der Waals surface area contributed by atoms with E-state index in [1.54, 1.807) is 18.3 Å². The van der Waals surface area contributed by atoms with Crippen LogP contribution in [0.3, 0.4) is 0 Å². The molecule has 0 atom stereocenters. The van der Waals surface area contributed by atoms with E-state index in [0.29, 0.717) is 11.8 Å². The number of para-hydroxylation sites is 1. The number of likely N-dealkylation sites (tertiary alicyclic amines) is 1.